The van der Waals surface area contributed by atoms with Gasteiger partial charge in [0, 0.05) is 22.8 Å². The van der Waals surface area contributed by atoms with Crippen LogP contribution in [-0.4, -0.2) is 7.11 Å². The molecule has 1 aliphatic carbocycles. The third-order valence-electron chi connectivity index (χ3n) is 5.45. The highest BCUT2D eigenvalue weighted by Crippen LogP contribution is 2.45. The van der Waals surface area contributed by atoms with Crippen molar-refractivity contribution in [3.05, 3.63) is 96.1 Å². The average Bonchev–Trinajstić information content (AvgIpc) is 2.79. The predicted molar refractivity (Wildman–Crippen MR) is 119 cm³/mol. The van der Waals surface area contributed by atoms with Crippen molar-refractivity contribution in [2.24, 2.45) is 0 Å². The molecule has 5 rings (SSSR count). The Morgan fingerprint density at radius 2 is 1.46 bits per heavy atom. The molecule has 28 heavy (non-hydrogen) atoms. The molecule has 2 heteroatoms. The van der Waals surface area contributed by atoms with Crippen molar-refractivity contribution >= 4 is 11.3 Å². The molecule has 4 aromatic rings. The maximum atomic E-state index is 5.34. The lowest BCUT2D eigenvalue weighted by Crippen LogP contribution is -2.05. The molecule has 0 amide bonds. The molecule has 0 aliphatic heterocycles. The largest absolute Gasteiger partial charge is 0.497 e. The topological polar surface area (TPSA) is 9.23 Å². The Labute approximate surface area is 169 Å². The van der Waals surface area contributed by atoms with Gasteiger partial charge in [0.25, 0.3) is 0 Å². The summed E-state index contributed by atoms with van der Waals surface area (Å²) in [5, 5.41) is 0. The van der Waals surface area contributed by atoms with E-state index in [1.165, 1.54) is 43.1 Å². The first-order valence-corrected chi connectivity index (χ1v) is 10.4. The summed E-state index contributed by atoms with van der Waals surface area (Å²) in [5.41, 5.74) is 8.20. The molecular formula is C26H21OS+. The van der Waals surface area contributed by atoms with Gasteiger partial charge in [0.15, 0.2) is 0 Å². The number of hydrogen-bond donors (Lipinski definition) is 0. The van der Waals surface area contributed by atoms with Crippen LogP contribution in [0.25, 0.3) is 32.0 Å². The lowest BCUT2D eigenvalue weighted by molar-refractivity contribution is 0.415. The minimum absolute atomic E-state index is 0.889. The lowest BCUT2D eigenvalue weighted by atomic mass is 9.87. The SMILES string of the molecule is COc1ccc(-c2cc(-c3ccccc3)c3c([s+]2)-c2ccccc2CC3)cc1. The fourth-order valence-electron chi connectivity index (χ4n) is 4.00. The number of ether oxygens (including phenoxy) is 1. The molecule has 0 atom stereocenters. The zero-order chi connectivity index (χ0) is 18.9. The van der Waals surface area contributed by atoms with Crippen LogP contribution in [-0.2, 0) is 12.8 Å². The summed E-state index contributed by atoms with van der Waals surface area (Å²) in [6.07, 6.45) is 2.20. The Morgan fingerprint density at radius 3 is 2.25 bits per heavy atom. The second-order valence-electron chi connectivity index (χ2n) is 7.08. The molecule has 0 bridgehead atoms. The summed E-state index contributed by atoms with van der Waals surface area (Å²) >= 11 is 1.90. The molecule has 0 N–H and O–H groups in total. The van der Waals surface area contributed by atoms with Crippen molar-refractivity contribution in [3.63, 3.8) is 0 Å². The smallest absolute Gasteiger partial charge is 0.242 e. The predicted octanol–water partition coefficient (Wildman–Crippen LogP) is 7.14. The quantitative estimate of drug-likeness (QED) is 0.343. The summed E-state index contributed by atoms with van der Waals surface area (Å²) in [5.74, 6) is 0.889. The number of fused-ring (bicyclic) bond motifs is 3. The Kier molecular flexibility index (Phi) is 4.42. The molecule has 0 saturated heterocycles. The van der Waals surface area contributed by atoms with Gasteiger partial charge in [-0.1, -0.05) is 48.5 Å². The fraction of sp³-hybridized carbons (Fsp3) is 0.115. The Bertz CT molecular complexity index is 1110. The summed E-state index contributed by atoms with van der Waals surface area (Å²) in [4.78, 5) is 2.70. The Hall–Kier alpha value is -2.97. The van der Waals surface area contributed by atoms with Crippen LogP contribution in [0.5, 0.6) is 5.75 Å². The highest BCUT2D eigenvalue weighted by molar-refractivity contribution is 7.18. The van der Waals surface area contributed by atoms with Crippen LogP contribution in [0, 0.1) is 0 Å². The van der Waals surface area contributed by atoms with Crippen molar-refractivity contribution in [1.29, 1.82) is 0 Å². The summed E-state index contributed by atoms with van der Waals surface area (Å²) < 4.78 is 5.34. The van der Waals surface area contributed by atoms with E-state index in [1.807, 2.05) is 23.5 Å². The average molecular weight is 382 g/mol. The first-order valence-electron chi connectivity index (χ1n) is 9.61. The normalized spacial score (nSPS) is 12.2. The van der Waals surface area contributed by atoms with Gasteiger partial charge in [0.2, 0.25) is 21.1 Å². The molecule has 0 radical (unpaired) electrons. The van der Waals surface area contributed by atoms with Gasteiger partial charge in [0.1, 0.15) is 5.75 Å². The van der Waals surface area contributed by atoms with Crippen LogP contribution in [0.2, 0.25) is 0 Å². The molecule has 3 aromatic carbocycles. The zero-order valence-electron chi connectivity index (χ0n) is 15.8. The van der Waals surface area contributed by atoms with Gasteiger partial charge in [-0.3, -0.25) is 0 Å². The summed E-state index contributed by atoms with van der Waals surface area (Å²) in [7, 11) is 1.71. The van der Waals surface area contributed by atoms with Crippen LogP contribution in [0.3, 0.4) is 0 Å². The molecule has 0 saturated carbocycles. The Balaban J connectivity index is 1.75. The molecule has 1 aromatic heterocycles. The molecule has 0 spiro atoms. The number of hydrogen-bond acceptors (Lipinski definition) is 1. The second kappa shape index (κ2) is 7.21. The summed E-state index contributed by atoms with van der Waals surface area (Å²) in [6, 6.07) is 30.4. The molecule has 0 fully saturated rings. The molecule has 1 nitrogen and oxygen atoms in total. The van der Waals surface area contributed by atoms with E-state index in [2.05, 4.69) is 72.8 Å². The van der Waals surface area contributed by atoms with Crippen LogP contribution in [0.1, 0.15) is 11.1 Å². The van der Waals surface area contributed by atoms with Crippen LogP contribution in [0.15, 0.2) is 84.9 Å². The van der Waals surface area contributed by atoms with Crippen LogP contribution >= 0.6 is 11.3 Å². The van der Waals surface area contributed by atoms with E-state index >= 15 is 0 Å². The van der Waals surface area contributed by atoms with Gasteiger partial charge in [-0.25, -0.2) is 0 Å². The zero-order valence-corrected chi connectivity index (χ0v) is 16.6. The van der Waals surface area contributed by atoms with E-state index in [0.717, 1.165) is 18.6 Å². The van der Waals surface area contributed by atoms with Crippen molar-refractivity contribution in [2.45, 2.75) is 12.8 Å². The van der Waals surface area contributed by atoms with Gasteiger partial charge >= 0.3 is 0 Å². The van der Waals surface area contributed by atoms with Crippen molar-refractivity contribution in [3.8, 4) is 37.8 Å². The van der Waals surface area contributed by atoms with Gasteiger partial charge in [0.05, 0.1) is 7.11 Å². The number of methoxy groups -OCH3 is 1. The van der Waals surface area contributed by atoms with E-state index in [0.29, 0.717) is 0 Å². The molecule has 0 unspecified atom stereocenters. The van der Waals surface area contributed by atoms with Gasteiger partial charge in [-0.05, 0) is 59.9 Å². The summed E-state index contributed by atoms with van der Waals surface area (Å²) in [6.45, 7) is 0. The van der Waals surface area contributed by atoms with Gasteiger partial charge < -0.3 is 4.74 Å². The van der Waals surface area contributed by atoms with Crippen molar-refractivity contribution < 1.29 is 4.74 Å². The second-order valence-corrected chi connectivity index (χ2v) is 8.14. The standard InChI is InChI=1S/C26H21OS/c1-27-21-14-11-20(12-15-21)25-17-24(18-7-3-2-4-8-18)23-16-13-19-9-5-6-10-22(19)26(23)28-25/h2-12,14-15,17H,13,16H2,1H3/q+1. The van der Waals surface area contributed by atoms with E-state index < -0.39 is 0 Å². The third kappa shape index (κ3) is 3.00. The van der Waals surface area contributed by atoms with E-state index in [4.69, 9.17) is 4.74 Å². The third-order valence-corrected chi connectivity index (χ3v) is 6.70. The van der Waals surface area contributed by atoms with Crippen molar-refractivity contribution in [1.82, 2.24) is 0 Å². The van der Waals surface area contributed by atoms with Gasteiger partial charge in [-0.15, -0.1) is 0 Å². The van der Waals surface area contributed by atoms with Crippen molar-refractivity contribution in [2.75, 3.05) is 7.11 Å². The minimum Gasteiger partial charge on any atom is -0.497 e. The van der Waals surface area contributed by atoms with E-state index in [9.17, 15) is 0 Å². The van der Waals surface area contributed by atoms with E-state index in [1.54, 1.807) is 7.11 Å². The van der Waals surface area contributed by atoms with Crippen LogP contribution < -0.4 is 4.74 Å². The molecule has 136 valence electrons. The first-order chi connectivity index (χ1) is 13.8. The molecular weight excluding hydrogens is 360 g/mol. The maximum Gasteiger partial charge on any atom is 0.242 e. The molecule has 1 heterocycles. The highest BCUT2D eigenvalue weighted by Gasteiger charge is 2.29. The van der Waals surface area contributed by atoms with Crippen LogP contribution in [0.4, 0.5) is 0 Å². The minimum atomic E-state index is 0.889. The van der Waals surface area contributed by atoms with Gasteiger partial charge in [-0.2, -0.15) is 0 Å². The number of rotatable bonds is 3. The fourth-order valence-corrected chi connectivity index (χ4v) is 5.29. The maximum absolute atomic E-state index is 5.34. The lowest BCUT2D eigenvalue weighted by Gasteiger charge is -2.17. The van der Waals surface area contributed by atoms with E-state index in [-0.39, 0.29) is 0 Å². The first kappa shape index (κ1) is 17.2. The number of benzene rings is 3. The monoisotopic (exact) mass is 381 g/mol. The Morgan fingerprint density at radius 1 is 0.714 bits per heavy atom. The molecule has 1 aliphatic rings. The highest BCUT2D eigenvalue weighted by atomic mass is 32.1. The number of aryl methyl sites for hydroxylation is 1.